The predicted octanol–water partition coefficient (Wildman–Crippen LogP) is 2.35. The van der Waals surface area contributed by atoms with E-state index in [0.29, 0.717) is 5.58 Å². The van der Waals surface area contributed by atoms with Gasteiger partial charge in [-0.1, -0.05) is 0 Å². The number of fused-ring (bicyclic) bond motifs is 1. The smallest absolute Gasteiger partial charge is 0.336 e. The summed E-state index contributed by atoms with van der Waals surface area (Å²) in [6.45, 7) is 1.99. The number of hydrogen-bond donors (Lipinski definition) is 1. The van der Waals surface area contributed by atoms with Crippen molar-refractivity contribution < 1.29 is 9.15 Å². The summed E-state index contributed by atoms with van der Waals surface area (Å²) in [6, 6.07) is 8.81. The summed E-state index contributed by atoms with van der Waals surface area (Å²) in [4.78, 5) is 11.2. The molecule has 0 aliphatic carbocycles. The van der Waals surface area contributed by atoms with Gasteiger partial charge in [0.2, 0.25) is 0 Å². The highest BCUT2D eigenvalue weighted by molar-refractivity contribution is 5.85. The molecule has 0 amide bonds. The molecule has 0 bridgehead atoms. The molecular formula is C14H16ClNO3. The minimum Gasteiger partial charge on any atom is -0.490 e. The van der Waals surface area contributed by atoms with Crippen molar-refractivity contribution >= 4 is 23.4 Å². The molecule has 5 heteroatoms. The lowest BCUT2D eigenvalue weighted by Crippen LogP contribution is -2.34. The maximum Gasteiger partial charge on any atom is 0.336 e. The first kappa shape index (κ1) is 13.9. The topological polar surface area (TPSA) is 51.5 Å². The molecule has 0 spiro atoms. The minimum atomic E-state index is -0.332. The largest absolute Gasteiger partial charge is 0.490 e. The average Bonchev–Trinajstić information content (AvgIpc) is 2.39. The molecule has 19 heavy (non-hydrogen) atoms. The Morgan fingerprint density at radius 2 is 1.89 bits per heavy atom. The van der Waals surface area contributed by atoms with Gasteiger partial charge in [0.1, 0.15) is 17.4 Å². The summed E-state index contributed by atoms with van der Waals surface area (Å²) in [5, 5.41) is 4.21. The minimum absolute atomic E-state index is 0. The van der Waals surface area contributed by atoms with Crippen LogP contribution >= 0.6 is 12.4 Å². The van der Waals surface area contributed by atoms with Crippen molar-refractivity contribution in [3.8, 4) is 5.75 Å². The van der Waals surface area contributed by atoms with Gasteiger partial charge in [0, 0.05) is 17.5 Å². The summed E-state index contributed by atoms with van der Waals surface area (Å²) in [6.07, 6.45) is 2.27. The number of halogens is 1. The Hall–Kier alpha value is -1.52. The van der Waals surface area contributed by atoms with Crippen LogP contribution in [0.1, 0.15) is 12.8 Å². The van der Waals surface area contributed by atoms with Crippen LogP contribution in [0.15, 0.2) is 39.5 Å². The molecule has 3 rings (SSSR count). The van der Waals surface area contributed by atoms with E-state index in [4.69, 9.17) is 9.15 Å². The van der Waals surface area contributed by atoms with E-state index >= 15 is 0 Å². The number of rotatable bonds is 2. The zero-order chi connectivity index (χ0) is 12.4. The highest BCUT2D eigenvalue weighted by atomic mass is 35.5. The lowest BCUT2D eigenvalue weighted by molar-refractivity contribution is 0.162. The van der Waals surface area contributed by atoms with Gasteiger partial charge in [-0.15, -0.1) is 12.4 Å². The van der Waals surface area contributed by atoms with Crippen LogP contribution in [0.5, 0.6) is 5.75 Å². The van der Waals surface area contributed by atoms with Gasteiger partial charge in [-0.25, -0.2) is 4.79 Å². The van der Waals surface area contributed by atoms with Gasteiger partial charge >= 0.3 is 5.63 Å². The molecule has 0 atom stereocenters. The standard InChI is InChI=1S/C14H15NO3.ClH/c16-14-4-2-10-1-3-12(9-13(10)18-14)17-11-5-7-15-8-6-11;/h1-4,9,11,15H,5-8H2;1H. The van der Waals surface area contributed by atoms with Crippen LogP contribution in [0.25, 0.3) is 11.0 Å². The SMILES string of the molecule is Cl.O=c1ccc2ccc(OC3CCNCC3)cc2o1. The van der Waals surface area contributed by atoms with E-state index in [1.165, 1.54) is 6.07 Å². The molecule has 1 fully saturated rings. The fraction of sp³-hybridized carbons (Fsp3) is 0.357. The second-order valence-electron chi connectivity index (χ2n) is 4.52. The molecule has 2 heterocycles. The van der Waals surface area contributed by atoms with Crippen molar-refractivity contribution in [3.63, 3.8) is 0 Å². The molecule has 0 unspecified atom stereocenters. The third-order valence-corrected chi connectivity index (χ3v) is 3.18. The van der Waals surface area contributed by atoms with Crippen molar-refractivity contribution in [2.24, 2.45) is 0 Å². The number of hydrogen-bond acceptors (Lipinski definition) is 4. The first-order valence-electron chi connectivity index (χ1n) is 6.22. The van der Waals surface area contributed by atoms with E-state index in [1.54, 1.807) is 12.1 Å². The van der Waals surface area contributed by atoms with Gasteiger partial charge in [0.15, 0.2) is 0 Å². The lowest BCUT2D eigenvalue weighted by Gasteiger charge is -2.23. The van der Waals surface area contributed by atoms with Gasteiger partial charge in [0.05, 0.1) is 0 Å². The van der Waals surface area contributed by atoms with Crippen LogP contribution in [0.3, 0.4) is 0 Å². The third-order valence-electron chi connectivity index (χ3n) is 3.18. The second kappa shape index (κ2) is 6.08. The maximum absolute atomic E-state index is 11.2. The fourth-order valence-electron chi connectivity index (χ4n) is 2.22. The predicted molar refractivity (Wildman–Crippen MR) is 76.3 cm³/mol. The monoisotopic (exact) mass is 281 g/mol. The van der Waals surface area contributed by atoms with Crippen molar-refractivity contribution in [1.82, 2.24) is 5.32 Å². The summed E-state index contributed by atoms with van der Waals surface area (Å²) in [7, 11) is 0. The van der Waals surface area contributed by atoms with Crippen molar-refractivity contribution in [2.75, 3.05) is 13.1 Å². The quantitative estimate of drug-likeness (QED) is 0.859. The molecular weight excluding hydrogens is 266 g/mol. The van der Waals surface area contributed by atoms with E-state index in [9.17, 15) is 4.79 Å². The van der Waals surface area contributed by atoms with Crippen LogP contribution in [0.2, 0.25) is 0 Å². The molecule has 1 saturated heterocycles. The highest BCUT2D eigenvalue weighted by Gasteiger charge is 2.14. The highest BCUT2D eigenvalue weighted by Crippen LogP contribution is 2.22. The van der Waals surface area contributed by atoms with Crippen molar-refractivity contribution in [3.05, 3.63) is 40.8 Å². The van der Waals surface area contributed by atoms with Gasteiger partial charge in [-0.05, 0) is 44.1 Å². The Morgan fingerprint density at radius 1 is 1.16 bits per heavy atom. The Morgan fingerprint density at radius 3 is 2.68 bits per heavy atom. The number of ether oxygens (including phenoxy) is 1. The van der Waals surface area contributed by atoms with Crippen LogP contribution < -0.4 is 15.7 Å². The zero-order valence-electron chi connectivity index (χ0n) is 10.4. The molecule has 0 saturated carbocycles. The molecule has 0 radical (unpaired) electrons. The Balaban J connectivity index is 0.00000133. The summed E-state index contributed by atoms with van der Waals surface area (Å²) in [5.74, 6) is 0.767. The second-order valence-corrected chi connectivity index (χ2v) is 4.52. The van der Waals surface area contributed by atoms with E-state index in [0.717, 1.165) is 37.1 Å². The van der Waals surface area contributed by atoms with Crippen LogP contribution in [-0.2, 0) is 0 Å². The van der Waals surface area contributed by atoms with Crippen LogP contribution in [0.4, 0.5) is 0 Å². The van der Waals surface area contributed by atoms with Gasteiger partial charge in [-0.2, -0.15) is 0 Å². The van der Waals surface area contributed by atoms with Gasteiger partial charge < -0.3 is 14.5 Å². The number of benzene rings is 1. The molecule has 1 aromatic heterocycles. The number of piperidine rings is 1. The molecule has 2 aromatic rings. The van der Waals surface area contributed by atoms with Crippen molar-refractivity contribution in [1.29, 1.82) is 0 Å². The number of nitrogens with one attached hydrogen (secondary N) is 1. The average molecular weight is 282 g/mol. The Bertz CT molecular complexity index is 605. The van der Waals surface area contributed by atoms with Crippen LogP contribution in [0, 0.1) is 0 Å². The van der Waals surface area contributed by atoms with E-state index in [-0.39, 0.29) is 24.1 Å². The van der Waals surface area contributed by atoms with E-state index in [2.05, 4.69) is 5.32 Å². The molecule has 1 aliphatic rings. The van der Waals surface area contributed by atoms with Crippen LogP contribution in [-0.4, -0.2) is 19.2 Å². The van der Waals surface area contributed by atoms with E-state index < -0.39 is 0 Å². The zero-order valence-corrected chi connectivity index (χ0v) is 11.2. The fourth-order valence-corrected chi connectivity index (χ4v) is 2.22. The lowest BCUT2D eigenvalue weighted by atomic mass is 10.1. The van der Waals surface area contributed by atoms with Crippen molar-refractivity contribution in [2.45, 2.75) is 18.9 Å². The first-order valence-corrected chi connectivity index (χ1v) is 6.22. The third kappa shape index (κ3) is 3.28. The molecule has 102 valence electrons. The van der Waals surface area contributed by atoms with E-state index in [1.807, 2.05) is 12.1 Å². The normalized spacial score (nSPS) is 16.0. The Labute approximate surface area is 117 Å². The van der Waals surface area contributed by atoms with Gasteiger partial charge in [0.25, 0.3) is 0 Å². The Kier molecular flexibility index (Phi) is 4.45. The molecule has 1 N–H and O–H groups in total. The molecule has 1 aliphatic heterocycles. The molecule has 4 nitrogen and oxygen atoms in total. The first-order chi connectivity index (χ1) is 8.81. The molecule has 1 aromatic carbocycles. The maximum atomic E-state index is 11.2. The summed E-state index contributed by atoms with van der Waals surface area (Å²) >= 11 is 0. The summed E-state index contributed by atoms with van der Waals surface area (Å²) in [5.41, 5.74) is 0.246. The van der Waals surface area contributed by atoms with Gasteiger partial charge in [-0.3, -0.25) is 0 Å². The summed E-state index contributed by atoms with van der Waals surface area (Å²) < 4.78 is 11.0.